The average molecular weight is 891 g/mol. The molecule has 1 saturated heterocycles. The van der Waals surface area contributed by atoms with Crippen molar-refractivity contribution >= 4 is 36.8 Å². The van der Waals surface area contributed by atoms with Crippen LogP contribution in [0.1, 0.15) is 120 Å². The Morgan fingerprint density at radius 2 is 1.36 bits per heavy atom. The van der Waals surface area contributed by atoms with E-state index in [9.17, 15) is 5.11 Å². The summed E-state index contributed by atoms with van der Waals surface area (Å²) in [6.45, 7) is 24.8. The van der Waals surface area contributed by atoms with Gasteiger partial charge in [0.1, 0.15) is 12.2 Å². The molecule has 1 heterocycles. The monoisotopic (exact) mass is 891 g/mol. The van der Waals surface area contributed by atoms with Crippen molar-refractivity contribution in [1.29, 1.82) is 0 Å². The first kappa shape index (κ1) is 49.6. The normalized spacial score (nSPS) is 22.6. The van der Waals surface area contributed by atoms with Crippen molar-refractivity contribution in [2.45, 2.75) is 184 Å². The van der Waals surface area contributed by atoms with E-state index in [1.54, 1.807) is 24.3 Å². The quantitative estimate of drug-likeness (QED) is 0.0610. The highest BCUT2D eigenvalue weighted by Crippen LogP contribution is 2.53. The first-order valence-electron chi connectivity index (χ1n) is 23.1. The van der Waals surface area contributed by atoms with Crippen LogP contribution in [0, 0.1) is 11.8 Å². The van der Waals surface area contributed by atoms with Crippen molar-refractivity contribution in [3.63, 3.8) is 0 Å². The van der Waals surface area contributed by atoms with Crippen LogP contribution in [0.25, 0.3) is 0 Å². The Labute approximate surface area is 372 Å². The lowest BCUT2D eigenvalue weighted by atomic mass is 9.97. The fraction of sp³-hybridized carbons (Fsp3) is 0.608. The van der Waals surface area contributed by atoms with Crippen molar-refractivity contribution in [3.8, 4) is 0 Å². The number of unbranched alkanes of at least 4 members (excludes halogenated alkanes) is 4. The molecule has 61 heavy (non-hydrogen) atoms. The van der Waals surface area contributed by atoms with E-state index in [0.717, 1.165) is 38.5 Å². The molecule has 0 radical (unpaired) electrons. The van der Waals surface area contributed by atoms with Gasteiger partial charge in [-0.2, -0.15) is 0 Å². The zero-order chi connectivity index (χ0) is 44.7. The van der Waals surface area contributed by atoms with Gasteiger partial charge in [-0.1, -0.05) is 152 Å². The lowest BCUT2D eigenvalue weighted by molar-refractivity contribution is -0.155. The van der Waals surface area contributed by atoms with Gasteiger partial charge < -0.3 is 23.4 Å². The number of allylic oxidation sites excluding steroid dienone is 1. The Morgan fingerprint density at radius 1 is 0.787 bits per heavy atom. The third-order valence-corrected chi connectivity index (χ3v) is 25.4. The van der Waals surface area contributed by atoms with Gasteiger partial charge in [-0.05, 0) is 116 Å². The number of hydrogen-bond acceptors (Lipinski definition) is 7. The Bertz CT molecular complexity index is 1880. The molecule has 5 rings (SSSR count). The molecule has 1 N–H and O–H groups in total. The number of aliphatic hydroxyl groups is 1. The predicted octanol–water partition coefficient (Wildman–Crippen LogP) is 11.0. The molecule has 2 aliphatic rings. The number of ether oxygens (including phenoxy) is 2. The molecule has 7 atom stereocenters. The Hall–Kier alpha value is -2.42. The smallest absolute Gasteiger partial charge is 0.261 e. The van der Waals surface area contributed by atoms with Crippen LogP contribution in [0.2, 0.25) is 23.2 Å². The van der Waals surface area contributed by atoms with Gasteiger partial charge in [-0.25, -0.2) is 8.42 Å². The van der Waals surface area contributed by atoms with Crippen molar-refractivity contribution in [3.05, 3.63) is 103 Å². The fourth-order valence-electron chi connectivity index (χ4n) is 9.13. The highest BCUT2D eigenvalue weighted by molar-refractivity contribution is 7.92. The zero-order valence-electron chi connectivity index (χ0n) is 39.2. The van der Waals surface area contributed by atoms with Crippen LogP contribution in [-0.4, -0.2) is 72.2 Å². The summed E-state index contributed by atoms with van der Waals surface area (Å²) in [5.41, 5.74) is 0. The highest BCUT2D eigenvalue weighted by atomic mass is 32.2. The number of rotatable bonds is 22. The van der Waals surface area contributed by atoms with E-state index in [1.165, 1.54) is 16.8 Å². The fourth-order valence-corrected chi connectivity index (χ4v) is 17.1. The van der Waals surface area contributed by atoms with E-state index in [-0.39, 0.29) is 32.9 Å². The maximum absolute atomic E-state index is 15.1. The molecule has 1 saturated carbocycles. The van der Waals surface area contributed by atoms with E-state index in [1.807, 2.05) is 19.9 Å². The minimum absolute atomic E-state index is 0.103. The molecular formula is C51H78O7SSi2. The van der Waals surface area contributed by atoms with Crippen molar-refractivity contribution in [1.82, 2.24) is 0 Å². The van der Waals surface area contributed by atoms with Gasteiger partial charge >= 0.3 is 0 Å². The number of aliphatic hydroxyl groups excluding tert-OH is 1. The Balaban J connectivity index is 1.54. The molecule has 7 nitrogen and oxygen atoms in total. The first-order valence-corrected chi connectivity index (χ1v) is 29.4. The molecule has 2 unspecified atom stereocenters. The summed E-state index contributed by atoms with van der Waals surface area (Å²) in [5, 5.41) is 13.8. The zero-order valence-corrected chi connectivity index (χ0v) is 42.0. The molecule has 1 aliphatic carbocycles. The lowest BCUT2D eigenvalue weighted by Crippen LogP contribution is -2.68. The highest BCUT2D eigenvalue weighted by Gasteiger charge is 2.61. The van der Waals surface area contributed by atoms with Gasteiger partial charge in [-0.15, -0.1) is 0 Å². The maximum atomic E-state index is 15.1. The second kappa shape index (κ2) is 20.6. The largest absolute Gasteiger partial charge is 0.417 e. The third kappa shape index (κ3) is 12.0. The summed E-state index contributed by atoms with van der Waals surface area (Å²) in [4.78, 5) is 0.211. The van der Waals surface area contributed by atoms with E-state index in [0.29, 0.717) is 19.4 Å². The van der Waals surface area contributed by atoms with Crippen LogP contribution in [0.3, 0.4) is 0 Å². The predicted molar refractivity (Wildman–Crippen MR) is 256 cm³/mol. The van der Waals surface area contributed by atoms with Gasteiger partial charge in [0.15, 0.2) is 23.9 Å². The van der Waals surface area contributed by atoms with E-state index < -0.39 is 55.8 Å². The Kier molecular flexibility index (Phi) is 16.8. The van der Waals surface area contributed by atoms with Crippen LogP contribution in [0.15, 0.2) is 108 Å². The second-order valence-electron chi connectivity index (χ2n) is 20.6. The van der Waals surface area contributed by atoms with Gasteiger partial charge in [0, 0.05) is 12.7 Å². The molecular weight excluding hydrogens is 813 g/mol. The van der Waals surface area contributed by atoms with E-state index >= 15 is 8.42 Å². The summed E-state index contributed by atoms with van der Waals surface area (Å²) < 4.78 is 57.6. The molecule has 0 amide bonds. The van der Waals surface area contributed by atoms with Crippen LogP contribution in [0.4, 0.5) is 0 Å². The molecule has 10 heteroatoms. The van der Waals surface area contributed by atoms with Crippen LogP contribution >= 0.6 is 0 Å². The number of sulfone groups is 1. The second-order valence-corrected chi connectivity index (χ2v) is 31.8. The summed E-state index contributed by atoms with van der Waals surface area (Å²) >= 11 is 0. The molecule has 0 spiro atoms. The molecule has 0 aromatic heterocycles. The van der Waals surface area contributed by atoms with Crippen LogP contribution in [-0.2, 0) is 28.2 Å². The number of benzene rings is 3. The summed E-state index contributed by atoms with van der Waals surface area (Å²) in [5.74, 6) is -1.43. The van der Waals surface area contributed by atoms with Gasteiger partial charge in [0.25, 0.3) is 8.32 Å². The standard InChI is InChI=1S/C51H78O7SSi2/c1-12-13-14-15-16-26-36-45-47(57-51(8,9)56-45)46(52)48(59(53,54)39-29-20-17-21-30-39)43-38-42(43)44(35-27-28-37-55-60(10,11)49(2,3)4)58-61(50(5,6)7,40-31-22-18-23-32-40)41-33-24-19-25-34-41/h16-26,29-34,42-48,52H,12-15,27-28,35-38H2,1-11H3/b26-16-/t42-,43-,44+,45-,46?,47-,48?/m0/s1. The SMILES string of the molecule is CCCCC/C=C\C[C@@H]1OC(C)(C)O[C@@H]1C(O)C([C@H]1C[C@@H]1[C@@H](CCCCO[Si](C)(C)C(C)(C)C)O[Si](c1ccccc1)(c1ccccc1)C(C)(C)C)S(=O)(=O)c1ccccc1. The molecule has 3 aromatic carbocycles. The van der Waals surface area contributed by atoms with Gasteiger partial charge in [-0.3, -0.25) is 0 Å². The van der Waals surface area contributed by atoms with Crippen molar-refractivity contribution in [2.75, 3.05) is 6.61 Å². The molecule has 2 fully saturated rings. The van der Waals surface area contributed by atoms with Crippen molar-refractivity contribution in [2.24, 2.45) is 11.8 Å². The maximum Gasteiger partial charge on any atom is 0.261 e. The minimum Gasteiger partial charge on any atom is -0.417 e. The van der Waals surface area contributed by atoms with Gasteiger partial charge in [0.2, 0.25) is 0 Å². The van der Waals surface area contributed by atoms with E-state index in [4.69, 9.17) is 18.3 Å². The Morgan fingerprint density at radius 3 is 1.90 bits per heavy atom. The van der Waals surface area contributed by atoms with Crippen molar-refractivity contribution < 1.29 is 31.9 Å². The molecule has 3 aromatic rings. The third-order valence-electron chi connectivity index (χ3n) is 13.5. The van der Waals surface area contributed by atoms with Gasteiger partial charge in [0.05, 0.1) is 16.2 Å². The first-order chi connectivity index (χ1) is 28.7. The topological polar surface area (TPSA) is 91.3 Å². The minimum atomic E-state index is -4.04. The molecule has 338 valence electrons. The molecule has 0 bridgehead atoms. The van der Waals surface area contributed by atoms with Crippen LogP contribution in [0.5, 0.6) is 0 Å². The number of hydrogen-bond donors (Lipinski definition) is 1. The summed E-state index contributed by atoms with van der Waals surface area (Å²) in [7, 11) is -8.99. The van der Waals surface area contributed by atoms with Crippen LogP contribution < -0.4 is 10.4 Å². The average Bonchev–Trinajstić information content (AvgIpc) is 3.91. The summed E-state index contributed by atoms with van der Waals surface area (Å²) in [6, 6.07) is 30.0. The summed E-state index contributed by atoms with van der Waals surface area (Å²) in [6.07, 6.45) is 9.45. The molecule has 1 aliphatic heterocycles. The van der Waals surface area contributed by atoms with E-state index in [2.05, 4.69) is 134 Å². The lowest BCUT2D eigenvalue weighted by Gasteiger charge is -2.45.